The summed E-state index contributed by atoms with van der Waals surface area (Å²) >= 11 is 0. The van der Waals surface area contributed by atoms with Crippen molar-refractivity contribution in [3.05, 3.63) is 12.2 Å². The van der Waals surface area contributed by atoms with Crippen LogP contribution >= 0.6 is 7.92 Å². The van der Waals surface area contributed by atoms with Gasteiger partial charge in [0.1, 0.15) is 0 Å². The van der Waals surface area contributed by atoms with Crippen LogP contribution < -0.4 is 0 Å². The zero-order chi connectivity index (χ0) is 17.0. The van der Waals surface area contributed by atoms with Crippen LogP contribution in [-0.2, 0) is 0 Å². The van der Waals surface area contributed by atoms with Crippen LogP contribution in [0, 0.1) is 0 Å². The Morgan fingerprint density at radius 2 is 0.957 bits per heavy atom. The third-order valence-electron chi connectivity index (χ3n) is 4.88. The summed E-state index contributed by atoms with van der Waals surface area (Å²) in [5.74, 6) is 0. The molecule has 0 aromatic carbocycles. The molecule has 0 aliphatic carbocycles. The molecule has 0 saturated carbocycles. The van der Waals surface area contributed by atoms with Crippen molar-refractivity contribution < 1.29 is 0 Å². The highest BCUT2D eigenvalue weighted by Crippen LogP contribution is 2.35. The third-order valence-corrected chi connectivity index (χ3v) is 7.62. The standard InChI is InChI=1S/C22H45P/c1-4-7-8-9-10-11-12-13-14-15-16-17-18-19-20-21-22-23(5-2)6-3/h13-14H,4-12,15-22H2,1-3H3. The molecular formula is C22H45P. The number of rotatable bonds is 18. The van der Waals surface area contributed by atoms with Crippen LogP contribution in [0.2, 0.25) is 0 Å². The summed E-state index contributed by atoms with van der Waals surface area (Å²) in [4.78, 5) is 0. The second-order valence-electron chi connectivity index (χ2n) is 6.96. The Bertz CT molecular complexity index is 230. The zero-order valence-corrected chi connectivity index (χ0v) is 17.5. The summed E-state index contributed by atoms with van der Waals surface area (Å²) < 4.78 is 0. The van der Waals surface area contributed by atoms with Crippen molar-refractivity contribution in [2.45, 2.75) is 111 Å². The lowest BCUT2D eigenvalue weighted by molar-refractivity contribution is 0.607. The fourth-order valence-corrected chi connectivity index (χ4v) is 4.87. The van der Waals surface area contributed by atoms with Gasteiger partial charge in [0.15, 0.2) is 0 Å². The highest BCUT2D eigenvalue weighted by Gasteiger charge is 2.01. The van der Waals surface area contributed by atoms with Crippen LogP contribution in [0.4, 0.5) is 0 Å². The van der Waals surface area contributed by atoms with Crippen molar-refractivity contribution in [1.29, 1.82) is 0 Å². The summed E-state index contributed by atoms with van der Waals surface area (Å²) in [7, 11) is 0.392. The van der Waals surface area contributed by atoms with Crippen molar-refractivity contribution in [1.82, 2.24) is 0 Å². The maximum absolute atomic E-state index is 2.43. The van der Waals surface area contributed by atoms with Gasteiger partial charge in [0.25, 0.3) is 0 Å². The second-order valence-corrected chi connectivity index (χ2v) is 10.0. The Morgan fingerprint density at radius 1 is 0.522 bits per heavy atom. The molecule has 0 bridgehead atoms. The summed E-state index contributed by atoms with van der Waals surface area (Å²) in [6.07, 6.45) is 29.2. The van der Waals surface area contributed by atoms with E-state index in [1.54, 1.807) is 0 Å². The van der Waals surface area contributed by atoms with Crippen molar-refractivity contribution in [3.8, 4) is 0 Å². The molecule has 1 heteroatoms. The van der Waals surface area contributed by atoms with E-state index in [0.29, 0.717) is 7.92 Å². The Hall–Kier alpha value is 0.170. The minimum absolute atomic E-state index is 0.392. The van der Waals surface area contributed by atoms with Gasteiger partial charge in [0.05, 0.1) is 0 Å². The van der Waals surface area contributed by atoms with Crippen molar-refractivity contribution in [2.75, 3.05) is 18.5 Å². The quantitative estimate of drug-likeness (QED) is 0.133. The van der Waals surface area contributed by atoms with Gasteiger partial charge in [0.2, 0.25) is 0 Å². The van der Waals surface area contributed by atoms with Gasteiger partial charge in [-0.2, -0.15) is 0 Å². The van der Waals surface area contributed by atoms with E-state index in [4.69, 9.17) is 0 Å². The van der Waals surface area contributed by atoms with Crippen molar-refractivity contribution in [3.63, 3.8) is 0 Å². The molecule has 0 N–H and O–H groups in total. The monoisotopic (exact) mass is 340 g/mol. The predicted octanol–water partition coefficient (Wildman–Crippen LogP) is 8.55. The third kappa shape index (κ3) is 18.4. The first-order chi connectivity index (χ1) is 11.3. The van der Waals surface area contributed by atoms with Crippen LogP contribution in [0.5, 0.6) is 0 Å². The van der Waals surface area contributed by atoms with E-state index < -0.39 is 0 Å². The summed E-state index contributed by atoms with van der Waals surface area (Å²) in [6.45, 7) is 7.03. The number of unbranched alkanes of at least 4 members (excludes halogenated alkanes) is 12. The number of hydrogen-bond donors (Lipinski definition) is 0. The van der Waals surface area contributed by atoms with E-state index in [9.17, 15) is 0 Å². The smallest absolute Gasteiger partial charge is 0.0326 e. The summed E-state index contributed by atoms with van der Waals surface area (Å²) in [5.41, 5.74) is 0. The molecule has 0 aliphatic heterocycles. The summed E-state index contributed by atoms with van der Waals surface area (Å²) in [6, 6.07) is 0. The minimum atomic E-state index is 0.392. The highest BCUT2D eigenvalue weighted by molar-refractivity contribution is 7.57. The number of hydrogen-bond acceptors (Lipinski definition) is 0. The molecule has 0 atom stereocenters. The lowest BCUT2D eigenvalue weighted by Gasteiger charge is -2.12. The average Bonchev–Trinajstić information content (AvgIpc) is 2.58. The van der Waals surface area contributed by atoms with Gasteiger partial charge in [-0.15, -0.1) is 7.92 Å². The van der Waals surface area contributed by atoms with E-state index >= 15 is 0 Å². The van der Waals surface area contributed by atoms with Gasteiger partial charge < -0.3 is 0 Å². The molecule has 0 nitrogen and oxygen atoms in total. The Labute approximate surface area is 149 Å². The van der Waals surface area contributed by atoms with E-state index in [0.717, 1.165) is 0 Å². The van der Waals surface area contributed by atoms with E-state index in [2.05, 4.69) is 32.9 Å². The normalized spacial score (nSPS) is 11.8. The van der Waals surface area contributed by atoms with Gasteiger partial charge in [-0.1, -0.05) is 90.7 Å². The Balaban J connectivity index is 3.13. The topological polar surface area (TPSA) is 0 Å². The van der Waals surface area contributed by atoms with Crippen LogP contribution in [0.1, 0.15) is 111 Å². The molecule has 0 aromatic heterocycles. The molecule has 0 unspecified atom stereocenters. The first kappa shape index (κ1) is 23.2. The molecule has 0 heterocycles. The highest BCUT2D eigenvalue weighted by atomic mass is 31.1. The van der Waals surface area contributed by atoms with Crippen LogP contribution in [0.25, 0.3) is 0 Å². The minimum Gasteiger partial charge on any atom is -0.107 e. The fourth-order valence-electron chi connectivity index (χ4n) is 3.12. The van der Waals surface area contributed by atoms with Gasteiger partial charge in [-0.25, -0.2) is 0 Å². The van der Waals surface area contributed by atoms with E-state index in [1.165, 1.54) is 108 Å². The predicted molar refractivity (Wildman–Crippen MR) is 112 cm³/mol. The van der Waals surface area contributed by atoms with Crippen LogP contribution in [-0.4, -0.2) is 18.5 Å². The molecule has 0 aliphatic rings. The lowest BCUT2D eigenvalue weighted by atomic mass is 10.1. The fraction of sp³-hybridized carbons (Fsp3) is 0.909. The first-order valence-corrected chi connectivity index (χ1v) is 12.6. The largest absolute Gasteiger partial charge is 0.107 e. The summed E-state index contributed by atoms with van der Waals surface area (Å²) in [5, 5.41) is 0. The van der Waals surface area contributed by atoms with E-state index in [1.807, 2.05) is 0 Å². The van der Waals surface area contributed by atoms with Crippen molar-refractivity contribution in [2.24, 2.45) is 0 Å². The SMILES string of the molecule is CCCCCCCCC=CCCCCCCCCP(CC)CC. The second kappa shape index (κ2) is 20.2. The van der Waals surface area contributed by atoms with Gasteiger partial charge in [-0.05, 0) is 50.6 Å². The molecule has 23 heavy (non-hydrogen) atoms. The molecule has 0 saturated heterocycles. The van der Waals surface area contributed by atoms with Gasteiger partial charge in [0, 0.05) is 0 Å². The molecule has 138 valence electrons. The van der Waals surface area contributed by atoms with Crippen LogP contribution in [0.3, 0.4) is 0 Å². The van der Waals surface area contributed by atoms with Gasteiger partial charge >= 0.3 is 0 Å². The molecule has 0 aromatic rings. The molecule has 0 amide bonds. The Morgan fingerprint density at radius 3 is 1.43 bits per heavy atom. The van der Waals surface area contributed by atoms with Crippen molar-refractivity contribution >= 4 is 7.92 Å². The maximum atomic E-state index is 2.43. The lowest BCUT2D eigenvalue weighted by Crippen LogP contribution is -1.90. The zero-order valence-electron chi connectivity index (χ0n) is 16.6. The molecule has 0 rings (SSSR count). The first-order valence-electron chi connectivity index (χ1n) is 10.7. The molecular weight excluding hydrogens is 295 g/mol. The van der Waals surface area contributed by atoms with Gasteiger partial charge in [-0.3, -0.25) is 0 Å². The molecule has 0 fully saturated rings. The van der Waals surface area contributed by atoms with Crippen LogP contribution in [0.15, 0.2) is 12.2 Å². The molecule has 0 radical (unpaired) electrons. The molecule has 0 spiro atoms. The number of allylic oxidation sites excluding steroid dienone is 2. The average molecular weight is 341 g/mol. The van der Waals surface area contributed by atoms with E-state index in [-0.39, 0.29) is 0 Å². The maximum Gasteiger partial charge on any atom is -0.0326 e. The Kier molecular flexibility index (Phi) is 20.4.